The summed E-state index contributed by atoms with van der Waals surface area (Å²) < 4.78 is 11.3. The van der Waals surface area contributed by atoms with Crippen LogP contribution in [0.15, 0.2) is 0 Å². The van der Waals surface area contributed by atoms with Gasteiger partial charge in [0.25, 0.3) is 0 Å². The summed E-state index contributed by atoms with van der Waals surface area (Å²) in [6.45, 7) is 12.8. The summed E-state index contributed by atoms with van der Waals surface area (Å²) in [4.78, 5) is 16.3. The maximum atomic E-state index is 12.0. The van der Waals surface area contributed by atoms with Crippen LogP contribution in [0.2, 0.25) is 0 Å². The molecule has 0 N–H and O–H groups in total. The molecular weight excluding hydrogens is 412 g/mol. The summed E-state index contributed by atoms with van der Waals surface area (Å²) in [6, 6.07) is 0. The Kier molecular flexibility index (Phi) is 19.9. The van der Waals surface area contributed by atoms with Crippen molar-refractivity contribution in [1.82, 2.24) is 9.80 Å². The number of unbranched alkanes of at least 4 members (excludes halogenated alkanes) is 14. The largest absolute Gasteiger partial charge is 0.442 e. The summed E-state index contributed by atoms with van der Waals surface area (Å²) in [7, 11) is 0. The fourth-order valence-corrected chi connectivity index (χ4v) is 4.64. The summed E-state index contributed by atoms with van der Waals surface area (Å²) in [5.41, 5.74) is 0. The smallest absolute Gasteiger partial charge is 0.410 e. The molecule has 1 heterocycles. The third-order valence-electron chi connectivity index (χ3n) is 6.94. The lowest BCUT2D eigenvalue weighted by Gasteiger charge is -2.18. The third-order valence-corrected chi connectivity index (χ3v) is 6.94. The molecule has 196 valence electrons. The zero-order valence-corrected chi connectivity index (χ0v) is 22.5. The second-order valence-corrected chi connectivity index (χ2v) is 9.86. The van der Waals surface area contributed by atoms with Gasteiger partial charge in [-0.3, -0.25) is 0 Å². The molecule has 5 nitrogen and oxygen atoms in total. The summed E-state index contributed by atoms with van der Waals surface area (Å²) in [5.74, 6) is 0. The van der Waals surface area contributed by atoms with Crippen molar-refractivity contribution >= 4 is 6.09 Å². The van der Waals surface area contributed by atoms with Gasteiger partial charge in [0.15, 0.2) is 0 Å². The molecule has 1 rings (SSSR count). The first kappa shape index (κ1) is 30.2. The van der Waals surface area contributed by atoms with Gasteiger partial charge in [0.05, 0.1) is 13.2 Å². The molecule has 0 aromatic carbocycles. The predicted octanol–water partition coefficient (Wildman–Crippen LogP) is 7.43. The molecule has 0 bridgehead atoms. The lowest BCUT2D eigenvalue weighted by molar-refractivity contribution is 0.0443. The predicted molar refractivity (Wildman–Crippen MR) is 140 cm³/mol. The van der Waals surface area contributed by atoms with Crippen LogP contribution in [0, 0.1) is 0 Å². The van der Waals surface area contributed by atoms with Gasteiger partial charge in [-0.25, -0.2) is 4.79 Å². The van der Waals surface area contributed by atoms with Gasteiger partial charge in [-0.05, 0) is 38.9 Å². The van der Waals surface area contributed by atoms with Crippen LogP contribution in [-0.2, 0) is 9.47 Å². The van der Waals surface area contributed by atoms with E-state index in [0.717, 1.165) is 52.0 Å². The van der Waals surface area contributed by atoms with Crippen molar-refractivity contribution in [1.29, 1.82) is 0 Å². The Bertz CT molecular complexity index is 443. The highest BCUT2D eigenvalue weighted by molar-refractivity contribution is 5.69. The van der Waals surface area contributed by atoms with Crippen molar-refractivity contribution in [2.45, 2.75) is 130 Å². The average molecular weight is 469 g/mol. The van der Waals surface area contributed by atoms with Gasteiger partial charge in [-0.2, -0.15) is 0 Å². The Balaban J connectivity index is 1.85. The Morgan fingerprint density at radius 2 is 1.33 bits per heavy atom. The molecule has 1 unspecified atom stereocenters. The molecule has 1 saturated heterocycles. The first-order chi connectivity index (χ1) is 16.2. The van der Waals surface area contributed by atoms with E-state index in [1.807, 2.05) is 4.90 Å². The fraction of sp³-hybridized carbons (Fsp3) is 0.964. The molecule has 1 atom stereocenters. The van der Waals surface area contributed by atoms with Crippen LogP contribution in [0.1, 0.15) is 124 Å². The molecule has 0 aromatic rings. The lowest BCUT2D eigenvalue weighted by Crippen LogP contribution is -2.29. The topological polar surface area (TPSA) is 42.0 Å². The van der Waals surface area contributed by atoms with Crippen LogP contribution in [0.5, 0.6) is 0 Å². The molecule has 1 aliphatic rings. The standard InChI is InChI=1S/C28H56N2O3/c1-4-7-8-9-10-11-12-13-14-15-16-17-18-21-24-32-26-27-25-30(28(31)33-27)23-20-19-22-29(5-2)6-3/h27H,4-26H2,1-3H3. The van der Waals surface area contributed by atoms with Crippen molar-refractivity contribution in [3.63, 3.8) is 0 Å². The molecular formula is C28H56N2O3. The van der Waals surface area contributed by atoms with Gasteiger partial charge in [-0.1, -0.05) is 104 Å². The molecule has 0 spiro atoms. The van der Waals surface area contributed by atoms with Crippen molar-refractivity contribution in [3.8, 4) is 0 Å². The van der Waals surface area contributed by atoms with Crippen molar-refractivity contribution in [2.24, 2.45) is 0 Å². The molecule has 0 aliphatic carbocycles. The number of ether oxygens (including phenoxy) is 2. The van der Waals surface area contributed by atoms with Gasteiger partial charge in [0.1, 0.15) is 6.10 Å². The Morgan fingerprint density at radius 3 is 1.88 bits per heavy atom. The van der Waals surface area contributed by atoms with Crippen molar-refractivity contribution in [3.05, 3.63) is 0 Å². The molecule has 0 saturated carbocycles. The molecule has 1 amide bonds. The van der Waals surface area contributed by atoms with Crippen LogP contribution >= 0.6 is 0 Å². The molecule has 33 heavy (non-hydrogen) atoms. The van der Waals surface area contributed by atoms with Crippen LogP contribution in [0.25, 0.3) is 0 Å². The normalized spacial score (nSPS) is 16.2. The number of rotatable bonds is 24. The highest BCUT2D eigenvalue weighted by atomic mass is 16.6. The summed E-state index contributed by atoms with van der Waals surface area (Å²) in [6.07, 6.45) is 21.1. The molecule has 0 aromatic heterocycles. The third kappa shape index (κ3) is 16.5. The van der Waals surface area contributed by atoms with Crippen molar-refractivity contribution < 1.29 is 14.3 Å². The molecule has 1 fully saturated rings. The SMILES string of the molecule is CCCCCCCCCCCCCCCCOCC1CN(CCCCN(CC)CC)C(=O)O1. The van der Waals surface area contributed by atoms with Crippen LogP contribution < -0.4 is 0 Å². The van der Waals surface area contributed by atoms with E-state index in [1.165, 1.54) is 83.5 Å². The van der Waals surface area contributed by atoms with E-state index in [9.17, 15) is 4.79 Å². The fourth-order valence-electron chi connectivity index (χ4n) is 4.64. The number of hydrogen-bond acceptors (Lipinski definition) is 4. The minimum absolute atomic E-state index is 0.0908. The molecule has 5 heteroatoms. The maximum absolute atomic E-state index is 12.0. The zero-order chi connectivity index (χ0) is 24.0. The highest BCUT2D eigenvalue weighted by Crippen LogP contribution is 2.14. The Labute approximate surface area is 205 Å². The first-order valence-corrected chi connectivity index (χ1v) is 14.5. The van der Waals surface area contributed by atoms with E-state index in [1.54, 1.807) is 0 Å². The zero-order valence-electron chi connectivity index (χ0n) is 22.5. The minimum Gasteiger partial charge on any atom is -0.442 e. The number of cyclic esters (lactones) is 1. The van der Waals surface area contributed by atoms with Gasteiger partial charge in [0.2, 0.25) is 0 Å². The quantitative estimate of drug-likeness (QED) is 0.138. The number of amides is 1. The Hall–Kier alpha value is -0.810. The number of carbonyl (C=O) groups excluding carboxylic acids is 1. The van der Waals surface area contributed by atoms with E-state index >= 15 is 0 Å². The van der Waals surface area contributed by atoms with Gasteiger partial charge in [0, 0.05) is 13.2 Å². The van der Waals surface area contributed by atoms with E-state index in [0.29, 0.717) is 13.2 Å². The number of carbonyl (C=O) groups is 1. The second kappa shape index (κ2) is 21.7. The highest BCUT2D eigenvalue weighted by Gasteiger charge is 2.30. The lowest BCUT2D eigenvalue weighted by atomic mass is 10.0. The van der Waals surface area contributed by atoms with E-state index in [2.05, 4.69) is 25.7 Å². The van der Waals surface area contributed by atoms with E-state index in [4.69, 9.17) is 9.47 Å². The van der Waals surface area contributed by atoms with Gasteiger partial charge in [-0.15, -0.1) is 0 Å². The van der Waals surface area contributed by atoms with E-state index < -0.39 is 0 Å². The second-order valence-electron chi connectivity index (χ2n) is 9.86. The van der Waals surface area contributed by atoms with Crippen molar-refractivity contribution in [2.75, 3.05) is 45.9 Å². The molecule has 0 radical (unpaired) electrons. The first-order valence-electron chi connectivity index (χ1n) is 14.5. The van der Waals surface area contributed by atoms with E-state index in [-0.39, 0.29) is 12.2 Å². The van der Waals surface area contributed by atoms with Crippen LogP contribution in [0.3, 0.4) is 0 Å². The minimum atomic E-state index is -0.164. The van der Waals surface area contributed by atoms with Crippen LogP contribution in [0.4, 0.5) is 4.79 Å². The maximum Gasteiger partial charge on any atom is 0.410 e. The van der Waals surface area contributed by atoms with Crippen LogP contribution in [-0.4, -0.2) is 67.9 Å². The number of nitrogens with zero attached hydrogens (tertiary/aromatic N) is 2. The molecule has 1 aliphatic heterocycles. The average Bonchev–Trinajstić information content (AvgIpc) is 3.18. The summed E-state index contributed by atoms with van der Waals surface area (Å²) in [5, 5.41) is 0. The Morgan fingerprint density at radius 1 is 0.788 bits per heavy atom. The number of hydrogen-bond donors (Lipinski definition) is 0. The van der Waals surface area contributed by atoms with Gasteiger partial charge >= 0.3 is 6.09 Å². The summed E-state index contributed by atoms with van der Waals surface area (Å²) >= 11 is 0. The monoisotopic (exact) mass is 468 g/mol. The van der Waals surface area contributed by atoms with Gasteiger partial charge < -0.3 is 19.3 Å².